The van der Waals surface area contributed by atoms with Gasteiger partial charge < -0.3 is 21.1 Å². The van der Waals surface area contributed by atoms with E-state index < -0.39 is 5.82 Å². The van der Waals surface area contributed by atoms with Gasteiger partial charge in [-0.05, 0) is 19.3 Å². The molecule has 0 heterocycles. The minimum atomic E-state index is -0.464. The maximum atomic E-state index is 13.7. The number of rotatable bonds is 8. The molecule has 0 unspecified atom stereocenters. The molecular weight excluding hydrogens is 273 g/mol. The predicted molar refractivity (Wildman–Crippen MR) is 80.8 cm³/mol. The lowest BCUT2D eigenvalue weighted by molar-refractivity contribution is -0.122. The summed E-state index contributed by atoms with van der Waals surface area (Å²) in [6.45, 7) is 3.45. The van der Waals surface area contributed by atoms with Crippen molar-refractivity contribution in [3.63, 3.8) is 0 Å². The van der Waals surface area contributed by atoms with Crippen LogP contribution in [0.3, 0.4) is 0 Å². The molecule has 116 valence electrons. The first-order chi connectivity index (χ1) is 10.1. The molecule has 2 rings (SSSR count). The second-order valence-electron chi connectivity index (χ2n) is 5.21. The molecule has 0 bridgehead atoms. The summed E-state index contributed by atoms with van der Waals surface area (Å²) in [5.74, 6) is 0.0369. The Kier molecular flexibility index (Phi) is 5.25. The van der Waals surface area contributed by atoms with E-state index in [0.717, 1.165) is 19.3 Å². The zero-order valence-electron chi connectivity index (χ0n) is 12.2. The summed E-state index contributed by atoms with van der Waals surface area (Å²) in [5, 5.41) is 5.93. The summed E-state index contributed by atoms with van der Waals surface area (Å²) in [4.78, 5) is 11.5. The molecule has 0 aliphatic heterocycles. The van der Waals surface area contributed by atoms with Crippen LogP contribution in [-0.4, -0.2) is 25.6 Å². The number of ether oxygens (including phenoxy) is 1. The molecule has 1 aliphatic carbocycles. The van der Waals surface area contributed by atoms with Crippen molar-refractivity contribution in [2.45, 2.75) is 26.2 Å². The highest BCUT2D eigenvalue weighted by Crippen LogP contribution is 2.29. The monoisotopic (exact) mass is 295 g/mol. The zero-order valence-corrected chi connectivity index (χ0v) is 12.2. The highest BCUT2D eigenvalue weighted by molar-refractivity contribution is 5.80. The van der Waals surface area contributed by atoms with Crippen LogP contribution in [0.2, 0.25) is 0 Å². The fourth-order valence-corrected chi connectivity index (χ4v) is 1.92. The first-order valence-corrected chi connectivity index (χ1v) is 7.35. The Morgan fingerprint density at radius 2 is 2.19 bits per heavy atom. The molecule has 4 N–H and O–H groups in total. The lowest BCUT2D eigenvalue weighted by atomic mass is 10.2. The molecule has 1 amide bonds. The number of amides is 1. The molecule has 1 aromatic rings. The largest absolute Gasteiger partial charge is 0.490 e. The molecule has 1 saturated carbocycles. The van der Waals surface area contributed by atoms with E-state index in [2.05, 4.69) is 10.6 Å². The number of anilines is 2. The lowest BCUT2D eigenvalue weighted by Crippen LogP contribution is -2.29. The molecule has 0 spiro atoms. The van der Waals surface area contributed by atoms with Crippen molar-refractivity contribution in [1.82, 2.24) is 5.32 Å². The quantitative estimate of drug-likeness (QED) is 0.507. The Morgan fingerprint density at radius 1 is 1.43 bits per heavy atom. The van der Waals surface area contributed by atoms with Crippen molar-refractivity contribution in [3.05, 3.63) is 17.9 Å². The van der Waals surface area contributed by atoms with Gasteiger partial charge in [0.1, 0.15) is 0 Å². The zero-order chi connectivity index (χ0) is 15.2. The lowest BCUT2D eigenvalue weighted by Gasteiger charge is -2.13. The molecule has 1 aliphatic rings. The number of hydrogen-bond acceptors (Lipinski definition) is 4. The van der Waals surface area contributed by atoms with E-state index in [1.54, 1.807) is 6.07 Å². The molecule has 1 fully saturated rings. The fourth-order valence-electron chi connectivity index (χ4n) is 1.92. The van der Waals surface area contributed by atoms with Gasteiger partial charge in [-0.1, -0.05) is 6.92 Å². The number of nitrogens with one attached hydrogen (secondary N) is 2. The van der Waals surface area contributed by atoms with Gasteiger partial charge in [0.2, 0.25) is 5.91 Å². The summed E-state index contributed by atoms with van der Waals surface area (Å²) in [5.41, 5.74) is 6.71. The van der Waals surface area contributed by atoms with Crippen molar-refractivity contribution < 1.29 is 13.9 Å². The molecular formula is C15H22FN3O2. The number of nitrogens with two attached hydrogens (primary N) is 1. The second-order valence-corrected chi connectivity index (χ2v) is 5.21. The maximum Gasteiger partial charge on any atom is 0.223 e. The third-order valence-electron chi connectivity index (χ3n) is 3.25. The smallest absolute Gasteiger partial charge is 0.223 e. The van der Waals surface area contributed by atoms with Crippen LogP contribution in [0.4, 0.5) is 15.8 Å². The van der Waals surface area contributed by atoms with Gasteiger partial charge in [-0.2, -0.15) is 0 Å². The van der Waals surface area contributed by atoms with Gasteiger partial charge in [-0.25, -0.2) is 4.39 Å². The summed E-state index contributed by atoms with van der Waals surface area (Å²) in [6, 6.07) is 2.80. The van der Waals surface area contributed by atoms with Gasteiger partial charge in [0.15, 0.2) is 11.6 Å². The molecule has 0 saturated heterocycles. The second kappa shape index (κ2) is 7.15. The van der Waals surface area contributed by atoms with Gasteiger partial charge >= 0.3 is 0 Å². The molecule has 6 heteroatoms. The third kappa shape index (κ3) is 4.51. The normalized spacial score (nSPS) is 13.8. The van der Waals surface area contributed by atoms with Crippen LogP contribution in [0.15, 0.2) is 12.1 Å². The first-order valence-electron chi connectivity index (χ1n) is 7.35. The molecule has 1 aromatic carbocycles. The van der Waals surface area contributed by atoms with Crippen molar-refractivity contribution >= 4 is 17.3 Å². The summed E-state index contributed by atoms with van der Waals surface area (Å²) in [6.07, 6.45) is 2.78. The van der Waals surface area contributed by atoms with Crippen molar-refractivity contribution in [2.75, 3.05) is 30.7 Å². The van der Waals surface area contributed by atoms with Gasteiger partial charge in [0.25, 0.3) is 0 Å². The van der Waals surface area contributed by atoms with Gasteiger partial charge in [-0.15, -0.1) is 0 Å². The van der Waals surface area contributed by atoms with E-state index in [4.69, 9.17) is 10.5 Å². The van der Waals surface area contributed by atoms with Crippen LogP contribution in [0, 0.1) is 11.7 Å². The number of carbonyl (C=O) groups is 1. The minimum Gasteiger partial charge on any atom is -0.490 e. The summed E-state index contributed by atoms with van der Waals surface area (Å²) >= 11 is 0. The standard InChI is InChI=1S/C15H22FN3O2/c1-2-7-21-14-9-13(12(17)8-11(14)16)18-5-6-19-15(20)10-3-4-10/h8-10,18H,2-7,17H2,1H3,(H,19,20). The molecule has 21 heavy (non-hydrogen) atoms. The van der Waals surface area contributed by atoms with Gasteiger partial charge in [-0.3, -0.25) is 4.79 Å². The highest BCUT2D eigenvalue weighted by atomic mass is 19.1. The minimum absolute atomic E-state index is 0.107. The van der Waals surface area contributed by atoms with Crippen LogP contribution in [-0.2, 0) is 4.79 Å². The highest BCUT2D eigenvalue weighted by Gasteiger charge is 2.28. The maximum absolute atomic E-state index is 13.7. The van der Waals surface area contributed by atoms with E-state index in [1.165, 1.54) is 6.07 Å². The van der Waals surface area contributed by atoms with Crippen LogP contribution < -0.4 is 21.1 Å². The Hall–Kier alpha value is -1.98. The number of nitrogen functional groups attached to an aromatic ring is 1. The molecule has 5 nitrogen and oxygen atoms in total. The van der Waals surface area contributed by atoms with Crippen molar-refractivity contribution in [3.8, 4) is 5.75 Å². The van der Waals surface area contributed by atoms with E-state index >= 15 is 0 Å². The fraction of sp³-hybridized carbons (Fsp3) is 0.533. The Morgan fingerprint density at radius 3 is 2.86 bits per heavy atom. The van der Waals surface area contributed by atoms with Crippen LogP contribution in [0.5, 0.6) is 5.75 Å². The van der Waals surface area contributed by atoms with E-state index in [1.807, 2.05) is 6.92 Å². The number of carbonyl (C=O) groups excluding carboxylic acids is 1. The van der Waals surface area contributed by atoms with E-state index in [0.29, 0.717) is 31.1 Å². The average Bonchev–Trinajstić information content (AvgIpc) is 3.28. The average molecular weight is 295 g/mol. The van der Waals surface area contributed by atoms with Gasteiger partial charge in [0.05, 0.1) is 18.0 Å². The van der Waals surface area contributed by atoms with Crippen LogP contribution in [0.25, 0.3) is 0 Å². The van der Waals surface area contributed by atoms with Crippen molar-refractivity contribution in [1.29, 1.82) is 0 Å². The molecule has 0 radical (unpaired) electrons. The van der Waals surface area contributed by atoms with E-state index in [9.17, 15) is 9.18 Å². The third-order valence-corrected chi connectivity index (χ3v) is 3.25. The molecule has 0 atom stereocenters. The van der Waals surface area contributed by atoms with Crippen LogP contribution in [0.1, 0.15) is 26.2 Å². The topological polar surface area (TPSA) is 76.4 Å². The Labute approximate surface area is 124 Å². The van der Waals surface area contributed by atoms with E-state index in [-0.39, 0.29) is 17.6 Å². The molecule has 0 aromatic heterocycles. The SMILES string of the molecule is CCCOc1cc(NCCNC(=O)C2CC2)c(N)cc1F. The Balaban J connectivity index is 1.84. The number of hydrogen-bond donors (Lipinski definition) is 3. The van der Waals surface area contributed by atoms with Crippen molar-refractivity contribution in [2.24, 2.45) is 5.92 Å². The summed E-state index contributed by atoms with van der Waals surface area (Å²) in [7, 11) is 0. The Bertz CT molecular complexity index is 504. The van der Waals surface area contributed by atoms with Crippen LogP contribution >= 0.6 is 0 Å². The number of halogens is 1. The predicted octanol–water partition coefficient (Wildman–Crippen LogP) is 2.13. The summed E-state index contributed by atoms with van der Waals surface area (Å²) < 4.78 is 19.0. The first kappa shape index (κ1) is 15.4. The number of benzene rings is 1. The van der Waals surface area contributed by atoms with Gasteiger partial charge in [0, 0.05) is 31.1 Å².